The number of aryl methyl sites for hydroxylation is 2. The molecule has 0 fully saturated rings. The van der Waals surface area contributed by atoms with E-state index in [2.05, 4.69) is 9.97 Å². The van der Waals surface area contributed by atoms with Crippen molar-refractivity contribution < 1.29 is 4.42 Å². The molecule has 4 heteroatoms. The lowest BCUT2D eigenvalue weighted by Gasteiger charge is -2.03. The largest absolute Gasteiger partial charge is 0.453 e. The molecule has 2 aromatic heterocycles. The molecule has 22 heavy (non-hydrogen) atoms. The highest BCUT2D eigenvalue weighted by Crippen LogP contribution is 2.31. The average Bonchev–Trinajstić information content (AvgIpc) is 2.86. The number of hydrogen-bond donors (Lipinski definition) is 1. The Morgan fingerprint density at radius 2 is 1.77 bits per heavy atom. The molecule has 1 N–H and O–H groups in total. The number of hydrogen-bond acceptors (Lipinski definition) is 3. The minimum atomic E-state index is -0.149. The molecule has 0 aliphatic heterocycles. The Kier molecular flexibility index (Phi) is 2.66. The van der Waals surface area contributed by atoms with Gasteiger partial charge in [-0.15, -0.1) is 0 Å². The van der Waals surface area contributed by atoms with Crippen LogP contribution in [0.3, 0.4) is 0 Å². The van der Waals surface area contributed by atoms with Gasteiger partial charge < -0.3 is 9.40 Å². The van der Waals surface area contributed by atoms with Crippen LogP contribution in [0.5, 0.6) is 0 Å². The lowest BCUT2D eigenvalue weighted by molar-refractivity contribution is 0.623. The molecule has 0 saturated carbocycles. The van der Waals surface area contributed by atoms with Crippen molar-refractivity contribution in [2.75, 3.05) is 0 Å². The van der Waals surface area contributed by atoms with E-state index in [1.807, 2.05) is 50.2 Å². The van der Waals surface area contributed by atoms with E-state index in [9.17, 15) is 4.79 Å². The molecule has 0 radical (unpaired) electrons. The number of aromatic nitrogens is 2. The zero-order valence-electron chi connectivity index (χ0n) is 12.3. The van der Waals surface area contributed by atoms with Gasteiger partial charge in [0.05, 0.1) is 10.9 Å². The first kappa shape index (κ1) is 12.8. The normalized spacial score (nSPS) is 11.4. The number of H-pyrrole nitrogens is 1. The lowest BCUT2D eigenvalue weighted by atomic mass is 10.1. The Morgan fingerprint density at radius 3 is 2.59 bits per heavy atom. The zero-order chi connectivity index (χ0) is 15.3. The van der Waals surface area contributed by atoms with Gasteiger partial charge in [-0.05, 0) is 31.5 Å². The number of nitrogens with zero attached hydrogens (tertiary/aromatic N) is 1. The Balaban J connectivity index is 2.06. The highest BCUT2D eigenvalue weighted by molar-refractivity contribution is 5.88. The van der Waals surface area contributed by atoms with Crippen LogP contribution in [-0.4, -0.2) is 9.97 Å². The van der Waals surface area contributed by atoms with E-state index in [-0.39, 0.29) is 5.56 Å². The van der Waals surface area contributed by atoms with Crippen molar-refractivity contribution >= 4 is 21.9 Å². The number of furan rings is 1. The van der Waals surface area contributed by atoms with Gasteiger partial charge in [0.1, 0.15) is 5.58 Å². The number of benzene rings is 2. The minimum Gasteiger partial charge on any atom is -0.453 e. The molecular formula is C18H14N2O2. The number of fused-ring (bicyclic) bond motifs is 2. The van der Waals surface area contributed by atoms with E-state index >= 15 is 0 Å². The molecule has 0 bridgehead atoms. The summed E-state index contributed by atoms with van der Waals surface area (Å²) < 4.78 is 5.90. The van der Waals surface area contributed by atoms with Crippen LogP contribution in [-0.2, 0) is 0 Å². The second-order valence-electron chi connectivity index (χ2n) is 5.44. The highest BCUT2D eigenvalue weighted by Gasteiger charge is 2.15. The van der Waals surface area contributed by atoms with Gasteiger partial charge >= 0.3 is 0 Å². The summed E-state index contributed by atoms with van der Waals surface area (Å²) in [4.78, 5) is 19.8. The molecule has 0 saturated heterocycles. The molecular weight excluding hydrogens is 276 g/mol. The smallest absolute Gasteiger partial charge is 0.259 e. The average molecular weight is 290 g/mol. The van der Waals surface area contributed by atoms with Gasteiger partial charge in [-0.1, -0.05) is 30.3 Å². The fraction of sp³-hybridized carbons (Fsp3) is 0.111. The van der Waals surface area contributed by atoms with Crippen molar-refractivity contribution in [3.63, 3.8) is 0 Å². The maximum Gasteiger partial charge on any atom is 0.259 e. The maximum absolute atomic E-state index is 12.3. The molecule has 108 valence electrons. The van der Waals surface area contributed by atoms with E-state index in [0.717, 1.165) is 22.1 Å². The highest BCUT2D eigenvalue weighted by atomic mass is 16.3. The number of para-hydroxylation sites is 2. The molecule has 0 aliphatic carbocycles. The van der Waals surface area contributed by atoms with Crippen molar-refractivity contribution in [3.8, 4) is 11.6 Å². The molecule has 4 rings (SSSR count). The van der Waals surface area contributed by atoms with Crippen molar-refractivity contribution in [2.45, 2.75) is 13.8 Å². The summed E-state index contributed by atoms with van der Waals surface area (Å²) in [5.41, 5.74) is 3.30. The summed E-state index contributed by atoms with van der Waals surface area (Å²) in [7, 11) is 0. The predicted octanol–water partition coefficient (Wildman–Crippen LogP) is 3.95. The van der Waals surface area contributed by atoms with E-state index in [4.69, 9.17) is 4.42 Å². The van der Waals surface area contributed by atoms with Crippen LogP contribution < -0.4 is 5.56 Å². The first-order valence-electron chi connectivity index (χ1n) is 7.13. The number of nitrogens with one attached hydrogen (secondary N) is 1. The topological polar surface area (TPSA) is 58.9 Å². The third-order valence-electron chi connectivity index (χ3n) is 4.00. The van der Waals surface area contributed by atoms with Crippen molar-refractivity contribution in [2.24, 2.45) is 0 Å². The second-order valence-corrected chi connectivity index (χ2v) is 5.44. The van der Waals surface area contributed by atoms with Gasteiger partial charge in [0.15, 0.2) is 11.6 Å². The summed E-state index contributed by atoms with van der Waals surface area (Å²) >= 11 is 0. The molecule has 0 unspecified atom stereocenters. The molecule has 0 atom stereocenters. The second kappa shape index (κ2) is 4.56. The first-order valence-corrected chi connectivity index (χ1v) is 7.13. The first-order chi connectivity index (χ1) is 10.6. The minimum absolute atomic E-state index is 0.149. The van der Waals surface area contributed by atoms with Crippen molar-refractivity contribution in [1.82, 2.24) is 9.97 Å². The summed E-state index contributed by atoms with van der Waals surface area (Å²) in [5, 5.41) is 1.63. The Hall–Kier alpha value is -2.88. The molecule has 0 spiro atoms. The van der Waals surface area contributed by atoms with Crippen molar-refractivity contribution in [1.29, 1.82) is 0 Å². The van der Waals surface area contributed by atoms with E-state index in [1.165, 1.54) is 0 Å². The fourth-order valence-corrected chi connectivity index (χ4v) is 2.81. The van der Waals surface area contributed by atoms with Gasteiger partial charge in [-0.3, -0.25) is 4.79 Å². The fourth-order valence-electron chi connectivity index (χ4n) is 2.81. The Labute approximate surface area is 126 Å². The summed E-state index contributed by atoms with van der Waals surface area (Å²) in [5.74, 6) is 1.09. The summed E-state index contributed by atoms with van der Waals surface area (Å²) in [6, 6.07) is 13.4. The quantitative estimate of drug-likeness (QED) is 0.577. The van der Waals surface area contributed by atoms with Crippen LogP contribution in [0.1, 0.15) is 11.1 Å². The van der Waals surface area contributed by atoms with Crippen LogP contribution in [0.15, 0.2) is 51.7 Å². The Morgan fingerprint density at radius 1 is 1.00 bits per heavy atom. The van der Waals surface area contributed by atoms with Crippen LogP contribution in [0.4, 0.5) is 0 Å². The lowest BCUT2D eigenvalue weighted by Crippen LogP contribution is -2.10. The SMILES string of the molecule is Cc1c(-c2nc3c(C)cccc3c(=O)[nH]2)oc2ccccc12. The van der Waals surface area contributed by atoms with Gasteiger partial charge in [-0.2, -0.15) is 0 Å². The molecule has 0 amide bonds. The van der Waals surface area contributed by atoms with Gasteiger partial charge in [-0.25, -0.2) is 4.98 Å². The standard InChI is InChI=1S/C18H14N2O2/c1-10-6-5-8-13-15(10)19-17(20-18(13)21)16-11(2)12-7-3-4-9-14(12)22-16/h3-9H,1-2H3,(H,19,20,21). The van der Waals surface area contributed by atoms with Gasteiger partial charge in [0.2, 0.25) is 0 Å². The van der Waals surface area contributed by atoms with Crippen LogP contribution in [0.25, 0.3) is 33.5 Å². The van der Waals surface area contributed by atoms with Crippen LogP contribution >= 0.6 is 0 Å². The van der Waals surface area contributed by atoms with E-state index < -0.39 is 0 Å². The molecule has 2 heterocycles. The number of aromatic amines is 1. The molecule has 2 aromatic carbocycles. The molecule has 4 nitrogen and oxygen atoms in total. The predicted molar refractivity (Wildman–Crippen MR) is 87.0 cm³/mol. The number of rotatable bonds is 1. The Bertz CT molecular complexity index is 1070. The van der Waals surface area contributed by atoms with Crippen LogP contribution in [0.2, 0.25) is 0 Å². The van der Waals surface area contributed by atoms with E-state index in [0.29, 0.717) is 22.5 Å². The monoisotopic (exact) mass is 290 g/mol. The molecule has 4 aromatic rings. The van der Waals surface area contributed by atoms with Gasteiger partial charge in [0, 0.05) is 10.9 Å². The summed E-state index contributed by atoms with van der Waals surface area (Å²) in [6.07, 6.45) is 0. The zero-order valence-corrected chi connectivity index (χ0v) is 12.3. The van der Waals surface area contributed by atoms with Crippen LogP contribution in [0, 0.1) is 13.8 Å². The summed E-state index contributed by atoms with van der Waals surface area (Å²) in [6.45, 7) is 3.92. The van der Waals surface area contributed by atoms with E-state index in [1.54, 1.807) is 6.07 Å². The third kappa shape index (κ3) is 1.77. The van der Waals surface area contributed by atoms with Gasteiger partial charge in [0.25, 0.3) is 5.56 Å². The molecule has 0 aliphatic rings. The third-order valence-corrected chi connectivity index (χ3v) is 4.00. The maximum atomic E-state index is 12.3. The van der Waals surface area contributed by atoms with Crippen molar-refractivity contribution in [3.05, 3.63) is 63.9 Å².